The minimum Gasteiger partial charge on any atom is -0.508 e. The Hall–Kier alpha value is -4.12. The molecule has 5 heteroatoms. The summed E-state index contributed by atoms with van der Waals surface area (Å²) in [4.78, 5) is 2.07. The number of aromatic hydroxyl groups is 3. The summed E-state index contributed by atoms with van der Waals surface area (Å²) < 4.78 is 6.01. The van der Waals surface area contributed by atoms with E-state index >= 15 is 0 Å². The molecule has 3 N–H and O–H groups in total. The highest BCUT2D eigenvalue weighted by molar-refractivity contribution is 5.85. The summed E-state index contributed by atoms with van der Waals surface area (Å²) in [5.74, 6) is 1.82. The molecule has 4 rings (SSSR count). The molecule has 0 unspecified atom stereocenters. The number of aryl methyl sites for hydroxylation is 2. The van der Waals surface area contributed by atoms with Gasteiger partial charge in [-0.2, -0.15) is 0 Å². The Morgan fingerprint density at radius 3 is 1.59 bits per heavy atom. The number of hydrogen-bond donors (Lipinski definition) is 3. The lowest BCUT2D eigenvalue weighted by atomic mass is 10.0. The van der Waals surface area contributed by atoms with Gasteiger partial charge in [0.25, 0.3) is 0 Å². The molecule has 0 aliphatic rings. The quantitative estimate of drug-likeness (QED) is 0.289. The zero-order valence-electron chi connectivity index (χ0n) is 20.0. The molecular formula is C29H29NO4. The van der Waals surface area contributed by atoms with Gasteiger partial charge in [-0.05, 0) is 94.3 Å². The number of phenols is 3. The third kappa shape index (κ3) is 4.13. The number of benzene rings is 4. The molecule has 0 fully saturated rings. The normalized spacial score (nSPS) is 10.9. The fourth-order valence-corrected chi connectivity index (χ4v) is 4.21. The van der Waals surface area contributed by atoms with Crippen LogP contribution in [0.25, 0.3) is 0 Å². The van der Waals surface area contributed by atoms with Crippen LogP contribution < -0.4 is 9.64 Å². The minimum absolute atomic E-state index is 0.185. The fourth-order valence-electron chi connectivity index (χ4n) is 4.21. The molecule has 0 heterocycles. The van der Waals surface area contributed by atoms with Crippen molar-refractivity contribution in [2.45, 2.75) is 34.6 Å². The maximum absolute atomic E-state index is 10.5. The van der Waals surface area contributed by atoms with Gasteiger partial charge in [-0.15, -0.1) is 0 Å². The highest BCUT2D eigenvalue weighted by atomic mass is 16.5. The zero-order chi connectivity index (χ0) is 24.6. The van der Waals surface area contributed by atoms with Crippen LogP contribution in [0.15, 0.2) is 66.7 Å². The first-order valence-electron chi connectivity index (χ1n) is 11.1. The Balaban J connectivity index is 1.85. The van der Waals surface area contributed by atoms with Crippen molar-refractivity contribution in [3.63, 3.8) is 0 Å². The molecule has 0 aliphatic carbocycles. The number of phenolic OH excluding ortho intramolecular Hbond substituents is 3. The van der Waals surface area contributed by atoms with Gasteiger partial charge in [0.1, 0.15) is 28.7 Å². The Labute approximate surface area is 200 Å². The van der Waals surface area contributed by atoms with Crippen molar-refractivity contribution in [3.8, 4) is 28.7 Å². The lowest BCUT2D eigenvalue weighted by molar-refractivity contribution is 0.448. The summed E-state index contributed by atoms with van der Waals surface area (Å²) in [6.45, 7) is 9.59. The predicted molar refractivity (Wildman–Crippen MR) is 136 cm³/mol. The lowest BCUT2D eigenvalue weighted by Crippen LogP contribution is -2.15. The zero-order valence-corrected chi connectivity index (χ0v) is 20.0. The van der Waals surface area contributed by atoms with Crippen LogP contribution >= 0.6 is 0 Å². The summed E-state index contributed by atoms with van der Waals surface area (Å²) in [6.07, 6.45) is 0. The first-order chi connectivity index (χ1) is 16.2. The molecule has 0 saturated carbocycles. The highest BCUT2D eigenvalue weighted by Gasteiger charge is 2.23. The third-order valence-corrected chi connectivity index (χ3v) is 6.23. The molecule has 34 heavy (non-hydrogen) atoms. The van der Waals surface area contributed by atoms with E-state index in [1.54, 1.807) is 24.3 Å². The van der Waals surface area contributed by atoms with Crippen molar-refractivity contribution in [2.24, 2.45) is 0 Å². The van der Waals surface area contributed by atoms with E-state index in [1.807, 2.05) is 77.1 Å². The number of nitrogens with zero attached hydrogens (tertiary/aromatic N) is 1. The van der Waals surface area contributed by atoms with Crippen molar-refractivity contribution in [1.29, 1.82) is 0 Å². The van der Waals surface area contributed by atoms with Gasteiger partial charge in [0.05, 0.1) is 11.4 Å². The monoisotopic (exact) mass is 455 g/mol. The topological polar surface area (TPSA) is 73.2 Å². The molecule has 0 saturated heterocycles. The van der Waals surface area contributed by atoms with Crippen molar-refractivity contribution in [1.82, 2.24) is 0 Å². The fraction of sp³-hybridized carbons (Fsp3) is 0.172. The SMILES string of the molecule is Cc1ccc(O)c(C)c1N(c1ccc(Oc2cccc(O)c2C)cc1)c1c(C)ccc(O)c1C. The van der Waals surface area contributed by atoms with Crippen LogP contribution in [0.2, 0.25) is 0 Å². The molecule has 4 aromatic carbocycles. The van der Waals surface area contributed by atoms with Crippen molar-refractivity contribution in [2.75, 3.05) is 4.90 Å². The van der Waals surface area contributed by atoms with Gasteiger partial charge in [0.15, 0.2) is 0 Å². The number of ether oxygens (including phenoxy) is 1. The molecule has 0 radical (unpaired) electrons. The number of anilines is 3. The van der Waals surface area contributed by atoms with Gasteiger partial charge >= 0.3 is 0 Å². The van der Waals surface area contributed by atoms with Gasteiger partial charge in [0, 0.05) is 22.4 Å². The van der Waals surface area contributed by atoms with Crippen LogP contribution in [-0.2, 0) is 0 Å². The standard InChI is InChI=1S/C29H29NO4/c1-17-9-15-25(32)20(4)28(17)30(29-18(2)10-16-26(33)21(29)5)22-11-13-23(14-12-22)34-27-8-6-7-24(31)19(27)3/h6-16,31-33H,1-5H3. The van der Waals surface area contributed by atoms with Crippen LogP contribution in [-0.4, -0.2) is 15.3 Å². The van der Waals surface area contributed by atoms with Crippen molar-refractivity contribution in [3.05, 3.63) is 94.5 Å². The van der Waals surface area contributed by atoms with Crippen LogP contribution in [0.3, 0.4) is 0 Å². The molecule has 5 nitrogen and oxygen atoms in total. The second kappa shape index (κ2) is 9.02. The van der Waals surface area contributed by atoms with Crippen LogP contribution in [0.5, 0.6) is 28.7 Å². The van der Waals surface area contributed by atoms with Crippen LogP contribution in [0.1, 0.15) is 27.8 Å². The van der Waals surface area contributed by atoms with Gasteiger partial charge in [0.2, 0.25) is 0 Å². The van der Waals surface area contributed by atoms with E-state index in [0.717, 1.165) is 39.3 Å². The first kappa shape index (κ1) is 23.1. The summed E-state index contributed by atoms with van der Waals surface area (Å²) in [5.41, 5.74) is 6.72. The van der Waals surface area contributed by atoms with Crippen LogP contribution in [0, 0.1) is 34.6 Å². The molecular weight excluding hydrogens is 426 g/mol. The van der Waals surface area contributed by atoms with Crippen molar-refractivity contribution >= 4 is 17.1 Å². The maximum atomic E-state index is 10.5. The smallest absolute Gasteiger partial charge is 0.134 e. The van der Waals surface area contributed by atoms with E-state index in [4.69, 9.17) is 4.74 Å². The largest absolute Gasteiger partial charge is 0.508 e. The molecule has 0 atom stereocenters. The second-order valence-electron chi connectivity index (χ2n) is 8.58. The number of rotatable bonds is 5. The Kier molecular flexibility index (Phi) is 6.12. The summed E-state index contributed by atoms with van der Waals surface area (Å²) >= 11 is 0. The molecule has 0 aliphatic heterocycles. The van der Waals surface area contributed by atoms with Gasteiger partial charge in [-0.1, -0.05) is 18.2 Å². The summed E-state index contributed by atoms with van der Waals surface area (Å²) in [7, 11) is 0. The molecule has 4 aromatic rings. The van der Waals surface area contributed by atoms with E-state index in [1.165, 1.54) is 0 Å². The van der Waals surface area contributed by atoms with Gasteiger partial charge in [-0.25, -0.2) is 0 Å². The number of hydrogen-bond acceptors (Lipinski definition) is 5. The average Bonchev–Trinajstić information content (AvgIpc) is 2.82. The molecule has 0 aromatic heterocycles. The molecule has 0 amide bonds. The Bertz CT molecular complexity index is 1300. The first-order valence-corrected chi connectivity index (χ1v) is 11.1. The molecule has 0 spiro atoms. The predicted octanol–water partition coefficient (Wildman–Crippen LogP) is 7.61. The third-order valence-electron chi connectivity index (χ3n) is 6.23. The summed E-state index contributed by atoms with van der Waals surface area (Å²) in [5, 5.41) is 31.0. The van der Waals surface area contributed by atoms with Crippen LogP contribution in [0.4, 0.5) is 17.1 Å². The maximum Gasteiger partial charge on any atom is 0.134 e. The second-order valence-corrected chi connectivity index (χ2v) is 8.58. The molecule has 174 valence electrons. The highest BCUT2D eigenvalue weighted by Crippen LogP contribution is 2.45. The van der Waals surface area contributed by atoms with Crippen molar-refractivity contribution < 1.29 is 20.1 Å². The Morgan fingerprint density at radius 1 is 0.559 bits per heavy atom. The van der Waals surface area contributed by atoms with E-state index in [-0.39, 0.29) is 17.2 Å². The van der Waals surface area contributed by atoms with E-state index in [0.29, 0.717) is 17.1 Å². The molecule has 0 bridgehead atoms. The lowest BCUT2D eigenvalue weighted by Gasteiger charge is -2.31. The van der Waals surface area contributed by atoms with Gasteiger partial charge in [-0.3, -0.25) is 0 Å². The minimum atomic E-state index is 0.185. The average molecular weight is 456 g/mol. The summed E-state index contributed by atoms with van der Waals surface area (Å²) in [6, 6.07) is 20.0. The van der Waals surface area contributed by atoms with E-state index in [2.05, 4.69) is 4.90 Å². The van der Waals surface area contributed by atoms with Gasteiger partial charge < -0.3 is 25.0 Å². The Morgan fingerprint density at radius 2 is 1.06 bits per heavy atom. The van der Waals surface area contributed by atoms with E-state index in [9.17, 15) is 15.3 Å². The van der Waals surface area contributed by atoms with E-state index < -0.39 is 0 Å².